The molecule has 1 N–H and O–H groups in total. The van der Waals surface area contributed by atoms with E-state index in [0.717, 1.165) is 18.2 Å². The standard InChI is InChI=1S/C12H19N5/c1-9(2)14-12-15-10(3)6-17(12)8-11-5-13-16(4)7-11/h5-7,9H,8H2,1-4H3,(H,14,15). The van der Waals surface area contributed by atoms with Crippen LogP contribution in [0.5, 0.6) is 0 Å². The summed E-state index contributed by atoms with van der Waals surface area (Å²) in [5.74, 6) is 0.918. The predicted molar refractivity (Wildman–Crippen MR) is 68.0 cm³/mol. The molecular formula is C12H19N5. The molecule has 0 spiro atoms. The Bertz CT molecular complexity index is 495. The molecule has 0 aromatic carbocycles. The fraction of sp³-hybridized carbons (Fsp3) is 0.500. The van der Waals surface area contributed by atoms with Crippen molar-refractivity contribution >= 4 is 5.95 Å². The molecule has 0 aliphatic carbocycles. The topological polar surface area (TPSA) is 47.7 Å². The van der Waals surface area contributed by atoms with Crippen LogP contribution in [0.1, 0.15) is 25.1 Å². The Kier molecular flexibility index (Phi) is 3.17. The van der Waals surface area contributed by atoms with Crippen molar-refractivity contribution in [1.82, 2.24) is 19.3 Å². The van der Waals surface area contributed by atoms with Gasteiger partial charge in [-0.15, -0.1) is 0 Å². The second-order valence-electron chi connectivity index (χ2n) is 4.66. The number of nitrogens with one attached hydrogen (secondary N) is 1. The quantitative estimate of drug-likeness (QED) is 0.876. The monoisotopic (exact) mass is 233 g/mol. The number of aromatic nitrogens is 4. The summed E-state index contributed by atoms with van der Waals surface area (Å²) in [5, 5.41) is 7.52. The largest absolute Gasteiger partial charge is 0.353 e. The van der Waals surface area contributed by atoms with Crippen LogP contribution in [0.15, 0.2) is 18.6 Å². The Labute approximate surface area is 101 Å². The molecule has 92 valence electrons. The highest BCUT2D eigenvalue weighted by Gasteiger charge is 2.07. The SMILES string of the molecule is Cc1cn(Cc2cnn(C)c2)c(NC(C)C)n1. The number of hydrogen-bond acceptors (Lipinski definition) is 3. The second-order valence-corrected chi connectivity index (χ2v) is 4.66. The minimum absolute atomic E-state index is 0.379. The summed E-state index contributed by atoms with van der Waals surface area (Å²) in [6.45, 7) is 7.02. The van der Waals surface area contributed by atoms with E-state index in [0.29, 0.717) is 6.04 Å². The molecule has 0 aliphatic heterocycles. The van der Waals surface area contributed by atoms with Crippen LogP contribution in [0, 0.1) is 6.92 Å². The molecule has 0 atom stereocenters. The maximum Gasteiger partial charge on any atom is 0.203 e. The normalized spacial score (nSPS) is 11.1. The van der Waals surface area contributed by atoms with Crippen LogP contribution in [0.2, 0.25) is 0 Å². The van der Waals surface area contributed by atoms with Crippen molar-refractivity contribution in [3.8, 4) is 0 Å². The summed E-state index contributed by atoms with van der Waals surface area (Å²) >= 11 is 0. The molecule has 0 unspecified atom stereocenters. The van der Waals surface area contributed by atoms with Crippen LogP contribution in [0.3, 0.4) is 0 Å². The number of imidazole rings is 1. The third kappa shape index (κ3) is 2.87. The van der Waals surface area contributed by atoms with Crippen LogP contribution in [-0.2, 0) is 13.6 Å². The van der Waals surface area contributed by atoms with Gasteiger partial charge in [-0.25, -0.2) is 4.98 Å². The lowest BCUT2D eigenvalue weighted by Gasteiger charge is -2.11. The Hall–Kier alpha value is -1.78. The van der Waals surface area contributed by atoms with Gasteiger partial charge in [-0.05, 0) is 20.8 Å². The Morgan fingerprint density at radius 1 is 1.35 bits per heavy atom. The zero-order valence-electron chi connectivity index (χ0n) is 10.8. The maximum absolute atomic E-state index is 4.48. The van der Waals surface area contributed by atoms with Gasteiger partial charge < -0.3 is 9.88 Å². The van der Waals surface area contributed by atoms with Gasteiger partial charge in [-0.2, -0.15) is 5.10 Å². The molecule has 0 fully saturated rings. The van der Waals surface area contributed by atoms with Crippen molar-refractivity contribution in [2.45, 2.75) is 33.4 Å². The van der Waals surface area contributed by atoms with Gasteiger partial charge in [0.25, 0.3) is 0 Å². The van der Waals surface area contributed by atoms with Gasteiger partial charge >= 0.3 is 0 Å². The van der Waals surface area contributed by atoms with E-state index in [1.807, 2.05) is 31.0 Å². The number of hydrogen-bond donors (Lipinski definition) is 1. The lowest BCUT2D eigenvalue weighted by Crippen LogP contribution is -2.14. The Morgan fingerprint density at radius 3 is 2.71 bits per heavy atom. The summed E-state index contributed by atoms with van der Waals surface area (Å²) in [6.07, 6.45) is 5.96. The highest BCUT2D eigenvalue weighted by Crippen LogP contribution is 2.12. The van der Waals surface area contributed by atoms with E-state index in [-0.39, 0.29) is 0 Å². The van der Waals surface area contributed by atoms with E-state index in [1.165, 1.54) is 5.56 Å². The van der Waals surface area contributed by atoms with Gasteiger partial charge in [0.2, 0.25) is 5.95 Å². The van der Waals surface area contributed by atoms with Gasteiger partial charge in [-0.1, -0.05) is 0 Å². The molecular weight excluding hydrogens is 214 g/mol. The zero-order chi connectivity index (χ0) is 12.4. The molecule has 2 aromatic heterocycles. The van der Waals surface area contributed by atoms with Crippen molar-refractivity contribution in [3.63, 3.8) is 0 Å². The van der Waals surface area contributed by atoms with Crippen molar-refractivity contribution in [1.29, 1.82) is 0 Å². The first-order valence-electron chi connectivity index (χ1n) is 5.82. The van der Waals surface area contributed by atoms with Crippen LogP contribution >= 0.6 is 0 Å². The van der Waals surface area contributed by atoms with Gasteiger partial charge in [0.05, 0.1) is 18.4 Å². The van der Waals surface area contributed by atoms with Gasteiger partial charge in [-0.3, -0.25) is 4.68 Å². The molecule has 0 saturated heterocycles. The first-order chi connectivity index (χ1) is 8.04. The highest BCUT2D eigenvalue weighted by atomic mass is 15.2. The number of nitrogens with zero attached hydrogens (tertiary/aromatic N) is 4. The number of anilines is 1. The molecule has 0 bridgehead atoms. The van der Waals surface area contributed by atoms with E-state index in [2.05, 4.69) is 40.0 Å². The lowest BCUT2D eigenvalue weighted by atomic mass is 10.3. The maximum atomic E-state index is 4.48. The van der Waals surface area contributed by atoms with Crippen molar-refractivity contribution in [2.75, 3.05) is 5.32 Å². The van der Waals surface area contributed by atoms with Crippen molar-refractivity contribution in [2.24, 2.45) is 7.05 Å². The summed E-state index contributed by atoms with van der Waals surface area (Å²) < 4.78 is 3.93. The fourth-order valence-corrected chi connectivity index (χ4v) is 1.79. The third-order valence-electron chi connectivity index (χ3n) is 2.43. The smallest absolute Gasteiger partial charge is 0.203 e. The number of aryl methyl sites for hydroxylation is 2. The van der Waals surface area contributed by atoms with E-state index in [4.69, 9.17) is 0 Å². The summed E-state index contributed by atoms with van der Waals surface area (Å²) in [6, 6.07) is 0.379. The van der Waals surface area contributed by atoms with E-state index in [1.54, 1.807) is 0 Å². The molecule has 2 rings (SSSR count). The van der Waals surface area contributed by atoms with Crippen LogP contribution in [-0.4, -0.2) is 25.4 Å². The minimum atomic E-state index is 0.379. The van der Waals surface area contributed by atoms with E-state index >= 15 is 0 Å². The van der Waals surface area contributed by atoms with Gasteiger partial charge in [0.15, 0.2) is 0 Å². The van der Waals surface area contributed by atoms with Gasteiger partial charge in [0, 0.05) is 31.0 Å². The van der Waals surface area contributed by atoms with E-state index in [9.17, 15) is 0 Å². The van der Waals surface area contributed by atoms with Crippen molar-refractivity contribution < 1.29 is 0 Å². The molecule has 0 amide bonds. The molecule has 5 heteroatoms. The average Bonchev–Trinajstić information content (AvgIpc) is 2.74. The molecule has 5 nitrogen and oxygen atoms in total. The molecule has 2 heterocycles. The second kappa shape index (κ2) is 4.61. The third-order valence-corrected chi connectivity index (χ3v) is 2.43. The van der Waals surface area contributed by atoms with Crippen LogP contribution in [0.4, 0.5) is 5.95 Å². The Morgan fingerprint density at radius 2 is 2.12 bits per heavy atom. The summed E-state index contributed by atoms with van der Waals surface area (Å²) in [7, 11) is 1.93. The molecule has 0 radical (unpaired) electrons. The van der Waals surface area contributed by atoms with Gasteiger partial charge in [0.1, 0.15) is 0 Å². The number of rotatable bonds is 4. The molecule has 0 saturated carbocycles. The molecule has 0 aliphatic rings. The van der Waals surface area contributed by atoms with Crippen LogP contribution in [0.25, 0.3) is 0 Å². The highest BCUT2D eigenvalue weighted by molar-refractivity contribution is 5.30. The average molecular weight is 233 g/mol. The van der Waals surface area contributed by atoms with Crippen LogP contribution < -0.4 is 5.32 Å². The fourth-order valence-electron chi connectivity index (χ4n) is 1.79. The summed E-state index contributed by atoms with van der Waals surface area (Å²) in [5.41, 5.74) is 2.20. The predicted octanol–water partition coefficient (Wildman–Crippen LogP) is 1.79. The zero-order valence-corrected chi connectivity index (χ0v) is 10.8. The van der Waals surface area contributed by atoms with E-state index < -0.39 is 0 Å². The minimum Gasteiger partial charge on any atom is -0.353 e. The molecule has 17 heavy (non-hydrogen) atoms. The first kappa shape index (κ1) is 11.7. The lowest BCUT2D eigenvalue weighted by molar-refractivity contribution is 0.758. The van der Waals surface area contributed by atoms with Crippen molar-refractivity contribution in [3.05, 3.63) is 29.8 Å². The first-order valence-corrected chi connectivity index (χ1v) is 5.82. The summed E-state index contributed by atoms with van der Waals surface area (Å²) in [4.78, 5) is 4.48. The molecule has 2 aromatic rings. The Balaban J connectivity index is 2.19.